The standard InChI is InChI=1S/C15H22N4O2S/c1-14(2,3)21-13(20)18-12-19-15(4,8-9-22-12)10-6-5-7-11(16)17-10/h5-7H,8-9H2,1-4H3,(H2,16,17)(H,18,19,20)/t15-/m0/s1. The number of carbonyl (C=O) groups excluding carboxylic acids is 1. The number of aromatic nitrogens is 1. The molecule has 2 rings (SSSR count). The smallest absolute Gasteiger partial charge is 0.413 e. The van der Waals surface area contributed by atoms with Crippen LogP contribution in [0.3, 0.4) is 0 Å². The van der Waals surface area contributed by atoms with Crippen LogP contribution in [0.1, 0.15) is 39.8 Å². The molecule has 7 heteroatoms. The summed E-state index contributed by atoms with van der Waals surface area (Å²) in [6.45, 7) is 7.46. The van der Waals surface area contributed by atoms with Gasteiger partial charge in [-0.15, -0.1) is 0 Å². The van der Waals surface area contributed by atoms with E-state index in [1.54, 1.807) is 6.07 Å². The fourth-order valence-corrected chi connectivity index (χ4v) is 3.16. The van der Waals surface area contributed by atoms with Crippen molar-refractivity contribution in [2.75, 3.05) is 11.5 Å². The lowest BCUT2D eigenvalue weighted by molar-refractivity contribution is 0.0564. The topological polar surface area (TPSA) is 89.6 Å². The van der Waals surface area contributed by atoms with E-state index in [-0.39, 0.29) is 0 Å². The van der Waals surface area contributed by atoms with Crippen molar-refractivity contribution in [2.45, 2.75) is 45.3 Å². The van der Waals surface area contributed by atoms with Crippen LogP contribution in [0.5, 0.6) is 0 Å². The quantitative estimate of drug-likeness (QED) is 0.830. The van der Waals surface area contributed by atoms with Gasteiger partial charge >= 0.3 is 6.09 Å². The molecule has 0 fully saturated rings. The predicted molar refractivity (Wildman–Crippen MR) is 89.9 cm³/mol. The molecule has 22 heavy (non-hydrogen) atoms. The largest absolute Gasteiger partial charge is 0.444 e. The molecule has 1 aliphatic rings. The Morgan fingerprint density at radius 3 is 2.82 bits per heavy atom. The first-order valence-corrected chi connectivity index (χ1v) is 8.12. The first-order valence-electron chi connectivity index (χ1n) is 7.14. The summed E-state index contributed by atoms with van der Waals surface area (Å²) >= 11 is 1.50. The number of hydrogen-bond donors (Lipinski definition) is 2. The fraction of sp³-hybridized carbons (Fsp3) is 0.533. The van der Waals surface area contributed by atoms with Gasteiger partial charge in [0, 0.05) is 5.75 Å². The SMILES string of the molecule is CC(C)(C)OC(=O)NC1=N[C@](C)(c2cccc(N)n2)CCS1. The van der Waals surface area contributed by atoms with Crippen molar-refractivity contribution in [1.29, 1.82) is 0 Å². The van der Waals surface area contributed by atoms with Crippen LogP contribution in [0.2, 0.25) is 0 Å². The molecule has 1 aromatic heterocycles. The molecule has 2 heterocycles. The third-order valence-corrected chi connectivity index (χ3v) is 3.98. The van der Waals surface area contributed by atoms with Crippen LogP contribution in [0.25, 0.3) is 0 Å². The molecular weight excluding hydrogens is 300 g/mol. The fourth-order valence-electron chi connectivity index (χ4n) is 2.05. The van der Waals surface area contributed by atoms with E-state index in [1.165, 1.54) is 11.8 Å². The Morgan fingerprint density at radius 2 is 2.18 bits per heavy atom. The van der Waals surface area contributed by atoms with E-state index in [0.717, 1.165) is 17.9 Å². The van der Waals surface area contributed by atoms with Crippen LogP contribution >= 0.6 is 11.8 Å². The van der Waals surface area contributed by atoms with Crippen LogP contribution in [0, 0.1) is 0 Å². The van der Waals surface area contributed by atoms with Gasteiger partial charge in [-0.05, 0) is 46.2 Å². The zero-order valence-electron chi connectivity index (χ0n) is 13.3. The zero-order chi connectivity index (χ0) is 16.4. The highest BCUT2D eigenvalue weighted by atomic mass is 32.2. The van der Waals surface area contributed by atoms with Crippen LogP contribution in [-0.2, 0) is 10.3 Å². The first kappa shape index (κ1) is 16.6. The Balaban J connectivity index is 2.16. The highest BCUT2D eigenvalue weighted by Crippen LogP contribution is 2.34. The van der Waals surface area contributed by atoms with Crippen LogP contribution in [-0.4, -0.2) is 27.6 Å². The second kappa shape index (κ2) is 6.16. The van der Waals surface area contributed by atoms with E-state index >= 15 is 0 Å². The second-order valence-electron chi connectivity index (χ2n) is 6.36. The minimum atomic E-state index is -0.539. The summed E-state index contributed by atoms with van der Waals surface area (Å²) in [7, 11) is 0. The molecule has 6 nitrogen and oxygen atoms in total. The molecule has 0 saturated heterocycles. The molecule has 1 amide bonds. The third-order valence-electron chi connectivity index (χ3n) is 3.11. The van der Waals surface area contributed by atoms with Gasteiger partial charge in [-0.2, -0.15) is 0 Å². The molecule has 0 spiro atoms. The van der Waals surface area contributed by atoms with Crippen LogP contribution in [0.15, 0.2) is 23.2 Å². The number of nitrogens with zero attached hydrogens (tertiary/aromatic N) is 2. The number of rotatable bonds is 1. The van der Waals surface area contributed by atoms with Crippen molar-refractivity contribution in [3.8, 4) is 0 Å². The summed E-state index contributed by atoms with van der Waals surface area (Å²) in [4.78, 5) is 20.9. The van der Waals surface area contributed by atoms with Crippen molar-refractivity contribution >= 4 is 28.8 Å². The monoisotopic (exact) mass is 322 g/mol. The summed E-state index contributed by atoms with van der Waals surface area (Å²) < 4.78 is 5.25. The molecule has 0 radical (unpaired) electrons. The number of hydrogen-bond acceptors (Lipinski definition) is 6. The average Bonchev–Trinajstić information content (AvgIpc) is 2.36. The number of nitrogens with one attached hydrogen (secondary N) is 1. The molecule has 120 valence electrons. The lowest BCUT2D eigenvalue weighted by atomic mass is 9.94. The molecule has 0 unspecified atom stereocenters. The molecule has 0 saturated carbocycles. The van der Waals surface area contributed by atoms with Gasteiger partial charge in [-0.3, -0.25) is 5.32 Å². The average molecular weight is 322 g/mol. The lowest BCUT2D eigenvalue weighted by Gasteiger charge is -2.30. The molecule has 1 aromatic rings. The minimum Gasteiger partial charge on any atom is -0.444 e. The van der Waals surface area contributed by atoms with E-state index < -0.39 is 17.2 Å². The summed E-state index contributed by atoms with van der Waals surface area (Å²) in [6, 6.07) is 5.51. The number of nitrogens with two attached hydrogens (primary N) is 1. The number of nitrogen functional groups attached to an aromatic ring is 1. The van der Waals surface area contributed by atoms with Gasteiger partial charge in [-0.25, -0.2) is 14.8 Å². The number of aliphatic imine (C=N–C) groups is 1. The molecular formula is C15H22N4O2S. The van der Waals surface area contributed by atoms with Crippen LogP contribution < -0.4 is 11.1 Å². The minimum absolute atomic E-state index is 0.466. The number of amidine groups is 1. The van der Waals surface area contributed by atoms with Gasteiger partial charge < -0.3 is 10.5 Å². The van der Waals surface area contributed by atoms with Crippen molar-refractivity contribution in [2.24, 2.45) is 4.99 Å². The molecule has 0 aliphatic carbocycles. The first-order chi connectivity index (χ1) is 10.2. The molecule has 3 N–H and O–H groups in total. The summed E-state index contributed by atoms with van der Waals surface area (Å²) in [5, 5.41) is 3.26. The maximum atomic E-state index is 11.9. The predicted octanol–water partition coefficient (Wildman–Crippen LogP) is 2.90. The Morgan fingerprint density at radius 1 is 1.45 bits per heavy atom. The van der Waals surface area contributed by atoms with Gasteiger partial charge in [-0.1, -0.05) is 17.8 Å². The summed E-state index contributed by atoms with van der Waals surface area (Å²) in [5.74, 6) is 1.30. The van der Waals surface area contributed by atoms with E-state index in [9.17, 15) is 4.79 Å². The number of thioether (sulfide) groups is 1. The Kier molecular flexibility index (Phi) is 4.65. The van der Waals surface area contributed by atoms with Crippen molar-refractivity contribution in [3.05, 3.63) is 23.9 Å². The summed E-state index contributed by atoms with van der Waals surface area (Å²) in [5.41, 5.74) is 5.52. The third kappa shape index (κ3) is 4.37. The zero-order valence-corrected chi connectivity index (χ0v) is 14.2. The van der Waals surface area contributed by atoms with E-state index in [0.29, 0.717) is 11.0 Å². The molecule has 1 aliphatic heterocycles. The van der Waals surface area contributed by atoms with Gasteiger partial charge in [0.2, 0.25) is 0 Å². The van der Waals surface area contributed by atoms with Gasteiger partial charge in [0.15, 0.2) is 5.17 Å². The van der Waals surface area contributed by atoms with Crippen molar-refractivity contribution in [1.82, 2.24) is 10.3 Å². The number of pyridine rings is 1. The number of alkyl carbamates (subject to hydrolysis) is 1. The number of carbonyl (C=O) groups is 1. The van der Waals surface area contributed by atoms with Crippen molar-refractivity contribution < 1.29 is 9.53 Å². The normalized spacial score (nSPS) is 21.9. The number of amides is 1. The Bertz CT molecular complexity index is 597. The highest BCUT2D eigenvalue weighted by molar-refractivity contribution is 8.13. The maximum Gasteiger partial charge on any atom is 0.413 e. The summed E-state index contributed by atoms with van der Waals surface area (Å²) in [6.07, 6.45) is 0.330. The number of ether oxygens (including phenoxy) is 1. The molecule has 0 bridgehead atoms. The van der Waals surface area contributed by atoms with Gasteiger partial charge in [0.25, 0.3) is 0 Å². The number of anilines is 1. The van der Waals surface area contributed by atoms with Gasteiger partial charge in [0.05, 0.1) is 5.69 Å². The Hall–Kier alpha value is -1.76. The van der Waals surface area contributed by atoms with E-state index in [2.05, 4.69) is 15.3 Å². The molecule has 0 aromatic carbocycles. The van der Waals surface area contributed by atoms with E-state index in [1.807, 2.05) is 39.8 Å². The van der Waals surface area contributed by atoms with E-state index in [4.69, 9.17) is 10.5 Å². The second-order valence-corrected chi connectivity index (χ2v) is 7.45. The van der Waals surface area contributed by atoms with Gasteiger partial charge in [0.1, 0.15) is 17.0 Å². The Labute approximate surface area is 134 Å². The van der Waals surface area contributed by atoms with Crippen LogP contribution in [0.4, 0.5) is 10.6 Å². The lowest BCUT2D eigenvalue weighted by Crippen LogP contribution is -2.38. The molecule has 1 atom stereocenters. The highest BCUT2D eigenvalue weighted by Gasteiger charge is 2.32. The maximum absolute atomic E-state index is 11.9. The van der Waals surface area contributed by atoms with Crippen molar-refractivity contribution in [3.63, 3.8) is 0 Å².